The van der Waals surface area contributed by atoms with Gasteiger partial charge >= 0.3 is 0 Å². The van der Waals surface area contributed by atoms with Crippen LogP contribution in [0.2, 0.25) is 0 Å². The third-order valence-electron chi connectivity index (χ3n) is 3.39. The molecule has 2 aromatic rings. The van der Waals surface area contributed by atoms with Gasteiger partial charge < -0.3 is 10.8 Å². The molecule has 0 fully saturated rings. The van der Waals surface area contributed by atoms with Crippen LogP contribution in [0.5, 0.6) is 0 Å². The molecule has 3 atom stereocenters. The number of hydrogen-bond acceptors (Lipinski definition) is 2. The van der Waals surface area contributed by atoms with Gasteiger partial charge in [0.25, 0.3) is 0 Å². The summed E-state index contributed by atoms with van der Waals surface area (Å²) in [6, 6.07) is 19.3. The van der Waals surface area contributed by atoms with Gasteiger partial charge in [0, 0.05) is 5.92 Å². The highest BCUT2D eigenvalue weighted by Gasteiger charge is 2.23. The van der Waals surface area contributed by atoms with Crippen LogP contribution < -0.4 is 5.73 Å². The lowest BCUT2D eigenvalue weighted by molar-refractivity contribution is 0.120. The van der Waals surface area contributed by atoms with E-state index in [0.29, 0.717) is 0 Å². The Balaban J connectivity index is 2.14. The van der Waals surface area contributed by atoms with Crippen LogP contribution in [0.1, 0.15) is 30.0 Å². The molecule has 0 radical (unpaired) electrons. The minimum absolute atomic E-state index is 0.0152. The van der Waals surface area contributed by atoms with Crippen molar-refractivity contribution in [2.24, 2.45) is 5.73 Å². The topological polar surface area (TPSA) is 46.2 Å². The van der Waals surface area contributed by atoms with E-state index >= 15 is 0 Å². The molecular weight excluding hydrogens is 222 g/mol. The highest BCUT2D eigenvalue weighted by atomic mass is 16.3. The first-order chi connectivity index (χ1) is 8.70. The quantitative estimate of drug-likeness (QED) is 0.864. The Labute approximate surface area is 108 Å². The molecule has 2 aromatic carbocycles. The van der Waals surface area contributed by atoms with E-state index in [1.165, 1.54) is 0 Å². The molecule has 0 bridgehead atoms. The summed E-state index contributed by atoms with van der Waals surface area (Å²) in [4.78, 5) is 0. The third-order valence-corrected chi connectivity index (χ3v) is 3.39. The average Bonchev–Trinajstić information content (AvgIpc) is 2.47. The summed E-state index contributed by atoms with van der Waals surface area (Å²) in [7, 11) is 0. The average molecular weight is 241 g/mol. The van der Waals surface area contributed by atoms with Gasteiger partial charge in [-0.2, -0.15) is 0 Å². The zero-order valence-corrected chi connectivity index (χ0v) is 10.5. The molecule has 0 spiro atoms. The van der Waals surface area contributed by atoms with Gasteiger partial charge in [-0.3, -0.25) is 0 Å². The fraction of sp³-hybridized carbons (Fsp3) is 0.250. The maximum Gasteiger partial charge on any atom is 0.0798 e. The fourth-order valence-electron chi connectivity index (χ4n) is 2.14. The van der Waals surface area contributed by atoms with Crippen molar-refractivity contribution >= 4 is 0 Å². The van der Waals surface area contributed by atoms with Gasteiger partial charge in [-0.15, -0.1) is 0 Å². The van der Waals surface area contributed by atoms with Crippen LogP contribution in [0.25, 0.3) is 0 Å². The fourth-order valence-corrected chi connectivity index (χ4v) is 2.14. The molecule has 3 N–H and O–H groups in total. The Hall–Kier alpha value is -1.64. The van der Waals surface area contributed by atoms with Crippen molar-refractivity contribution < 1.29 is 5.11 Å². The van der Waals surface area contributed by atoms with Crippen molar-refractivity contribution in [1.82, 2.24) is 0 Å². The lowest BCUT2D eigenvalue weighted by Crippen LogP contribution is -2.30. The van der Waals surface area contributed by atoms with E-state index in [4.69, 9.17) is 5.73 Å². The van der Waals surface area contributed by atoms with Crippen LogP contribution >= 0.6 is 0 Å². The van der Waals surface area contributed by atoms with Crippen molar-refractivity contribution in [3.8, 4) is 0 Å². The maximum absolute atomic E-state index is 10.4. The first-order valence-corrected chi connectivity index (χ1v) is 6.23. The molecule has 0 aliphatic rings. The monoisotopic (exact) mass is 241 g/mol. The third kappa shape index (κ3) is 2.78. The molecule has 0 aromatic heterocycles. The minimum Gasteiger partial charge on any atom is -0.391 e. The van der Waals surface area contributed by atoms with Crippen molar-refractivity contribution in [3.63, 3.8) is 0 Å². The predicted molar refractivity (Wildman–Crippen MR) is 74.2 cm³/mol. The lowest BCUT2D eigenvalue weighted by atomic mass is 9.88. The molecule has 0 saturated heterocycles. The van der Waals surface area contributed by atoms with Gasteiger partial charge in [-0.05, 0) is 11.1 Å². The Morgan fingerprint density at radius 2 is 1.28 bits per heavy atom. The van der Waals surface area contributed by atoms with Crippen LogP contribution in [-0.4, -0.2) is 11.2 Å². The largest absolute Gasteiger partial charge is 0.391 e. The molecule has 2 heteroatoms. The van der Waals surface area contributed by atoms with E-state index < -0.39 is 6.10 Å². The molecule has 3 unspecified atom stereocenters. The van der Waals surface area contributed by atoms with Crippen molar-refractivity contribution in [2.75, 3.05) is 0 Å². The normalized spacial score (nSPS) is 15.9. The second kappa shape index (κ2) is 5.80. The Bertz CT molecular complexity index is 423. The highest BCUT2D eigenvalue weighted by molar-refractivity contribution is 5.24. The summed E-state index contributed by atoms with van der Waals surface area (Å²) in [5.41, 5.74) is 8.20. The van der Waals surface area contributed by atoms with Crippen molar-refractivity contribution in [3.05, 3.63) is 71.8 Å². The molecule has 0 saturated carbocycles. The van der Waals surface area contributed by atoms with Crippen LogP contribution in [-0.2, 0) is 0 Å². The number of aliphatic hydroxyl groups excluding tert-OH is 1. The highest BCUT2D eigenvalue weighted by Crippen LogP contribution is 2.26. The zero-order valence-electron chi connectivity index (χ0n) is 10.5. The first kappa shape index (κ1) is 12.8. The van der Waals surface area contributed by atoms with Crippen LogP contribution in [0.4, 0.5) is 0 Å². The Morgan fingerprint density at radius 3 is 1.78 bits per heavy atom. The van der Waals surface area contributed by atoms with Crippen LogP contribution in [0.3, 0.4) is 0 Å². The number of aliphatic hydroxyl groups is 1. The second-order valence-corrected chi connectivity index (χ2v) is 4.63. The van der Waals surface area contributed by atoms with E-state index in [0.717, 1.165) is 11.1 Å². The van der Waals surface area contributed by atoms with E-state index in [1.807, 2.05) is 67.6 Å². The summed E-state index contributed by atoms with van der Waals surface area (Å²) < 4.78 is 0. The second-order valence-electron chi connectivity index (χ2n) is 4.63. The molecule has 0 aliphatic heterocycles. The lowest BCUT2D eigenvalue weighted by Gasteiger charge is -2.25. The summed E-state index contributed by atoms with van der Waals surface area (Å²) in [5.74, 6) is 0.0152. The maximum atomic E-state index is 10.4. The van der Waals surface area contributed by atoms with Gasteiger partial charge in [0.15, 0.2) is 0 Å². The molecule has 18 heavy (non-hydrogen) atoms. The number of hydrogen-bond donors (Lipinski definition) is 2. The van der Waals surface area contributed by atoms with Gasteiger partial charge in [-0.25, -0.2) is 0 Å². The van der Waals surface area contributed by atoms with Crippen molar-refractivity contribution in [1.29, 1.82) is 0 Å². The van der Waals surface area contributed by atoms with E-state index in [2.05, 4.69) is 0 Å². The summed E-state index contributed by atoms with van der Waals surface area (Å²) in [5, 5.41) is 10.4. The molecular formula is C16H19NO. The predicted octanol–water partition coefficient (Wildman–Crippen LogP) is 2.85. The standard InChI is InChI=1S/C16H19NO/c1-12(13-8-4-2-5-9-13)16(18)15(17)14-10-6-3-7-11-14/h2-12,15-16,18H,17H2,1H3. The van der Waals surface area contributed by atoms with E-state index in [-0.39, 0.29) is 12.0 Å². The minimum atomic E-state index is -0.588. The zero-order chi connectivity index (χ0) is 13.0. The number of rotatable bonds is 4. The van der Waals surface area contributed by atoms with Gasteiger partial charge in [0.05, 0.1) is 12.1 Å². The Kier molecular flexibility index (Phi) is 4.13. The van der Waals surface area contributed by atoms with E-state index in [1.54, 1.807) is 0 Å². The molecule has 94 valence electrons. The summed E-state index contributed by atoms with van der Waals surface area (Å²) >= 11 is 0. The van der Waals surface area contributed by atoms with Gasteiger partial charge in [0.2, 0.25) is 0 Å². The van der Waals surface area contributed by atoms with Gasteiger partial charge in [0.1, 0.15) is 0 Å². The number of benzene rings is 2. The number of nitrogens with two attached hydrogens (primary N) is 1. The Morgan fingerprint density at radius 1 is 0.833 bits per heavy atom. The van der Waals surface area contributed by atoms with Crippen molar-refractivity contribution in [2.45, 2.75) is 25.0 Å². The van der Waals surface area contributed by atoms with Crippen LogP contribution in [0, 0.1) is 0 Å². The molecule has 2 rings (SSSR count). The van der Waals surface area contributed by atoms with E-state index in [9.17, 15) is 5.11 Å². The molecule has 0 aliphatic carbocycles. The molecule has 2 nitrogen and oxygen atoms in total. The van der Waals surface area contributed by atoms with Crippen LogP contribution in [0.15, 0.2) is 60.7 Å². The first-order valence-electron chi connectivity index (χ1n) is 6.23. The SMILES string of the molecule is CC(c1ccccc1)C(O)C(N)c1ccccc1. The molecule has 0 heterocycles. The summed E-state index contributed by atoms with van der Waals surface area (Å²) in [6.45, 7) is 2.00. The van der Waals surface area contributed by atoms with Gasteiger partial charge in [-0.1, -0.05) is 67.6 Å². The summed E-state index contributed by atoms with van der Waals surface area (Å²) in [6.07, 6.45) is -0.588. The smallest absolute Gasteiger partial charge is 0.0798 e. The molecule has 0 amide bonds.